The Balaban J connectivity index is 0.000000168. The number of thiazole rings is 4. The summed E-state index contributed by atoms with van der Waals surface area (Å²) in [5, 5.41) is 9.61. The van der Waals surface area contributed by atoms with Crippen molar-refractivity contribution in [2.45, 2.75) is 377 Å². The van der Waals surface area contributed by atoms with E-state index in [0.29, 0.717) is 0 Å². The van der Waals surface area contributed by atoms with E-state index in [1.807, 2.05) is 22.7 Å². The van der Waals surface area contributed by atoms with E-state index < -0.39 is 0 Å². The standard InChI is InChI=1S/C48H61N3S4.C44H71B2NO4.C14H8Br2N2S4/c1-6-7-8-9-10-11-12-13-14-15-16-17-18-19-20-21-22-23-28-51-40-29-33(2)24-26-38(40)39-27-25-37(32-41(39)51)42-31-35(4)44(53-42)46-50-48-47(55-46)49-45(54-48)43-34(3)30-36(5)52-43;1-10-11-12-13-14-15-16-17-18-19-20-21-22-23-24-25-26-27-32-47-39-33-35(45-48-41(2,3)42(4,5)49-45)28-30-37(39)38-31-29-36(34-40(38)47)46-50-43(6,7)44(8,9)51-46;1-5-3-7(15)19-9(5)11-17-13-14(21-11)18-12(22-13)10-6(2)4-8(16)20-10/h24-27,29-32H,6-23,28H2,1-5H3;28-31,33-34H,10-27,32H2,1-9H3;3-4H,1-2H3. The van der Waals surface area contributed by atoms with Crippen LogP contribution in [0.25, 0.3) is 113 Å². The van der Waals surface area contributed by atoms with Gasteiger partial charge in [-0.25, -0.2) is 19.9 Å². The highest BCUT2D eigenvalue weighted by Gasteiger charge is 2.53. The molecule has 10 nitrogen and oxygen atoms in total. The van der Waals surface area contributed by atoms with Crippen LogP contribution in [-0.2, 0) is 31.7 Å². The first kappa shape index (κ1) is 99.2. The molecule has 0 aliphatic carbocycles. The van der Waals surface area contributed by atoms with Gasteiger partial charge in [0, 0.05) is 66.5 Å². The highest BCUT2D eigenvalue weighted by Crippen LogP contribution is 2.49. The van der Waals surface area contributed by atoms with Gasteiger partial charge in [-0.1, -0.05) is 326 Å². The second kappa shape index (κ2) is 46.2. The van der Waals surface area contributed by atoms with Crippen molar-refractivity contribution in [2.75, 3.05) is 0 Å². The lowest BCUT2D eigenvalue weighted by molar-refractivity contribution is 0.00578. The van der Waals surface area contributed by atoms with Gasteiger partial charge < -0.3 is 27.8 Å². The van der Waals surface area contributed by atoms with Crippen molar-refractivity contribution >= 4 is 211 Å². The summed E-state index contributed by atoms with van der Waals surface area (Å²) < 4.78 is 33.3. The van der Waals surface area contributed by atoms with Crippen LogP contribution in [0.1, 0.15) is 333 Å². The summed E-state index contributed by atoms with van der Waals surface area (Å²) in [6, 6.07) is 36.6. The van der Waals surface area contributed by atoms with Gasteiger partial charge in [-0.2, -0.15) is 0 Å². The largest absolute Gasteiger partial charge is 0.494 e. The Hall–Kier alpha value is -4.75. The third-order valence-corrected chi connectivity index (χ3v) is 37.8. The van der Waals surface area contributed by atoms with Gasteiger partial charge in [0.25, 0.3) is 0 Å². The summed E-state index contributed by atoms with van der Waals surface area (Å²) in [6.45, 7) is 36.7. The van der Waals surface area contributed by atoms with Crippen LogP contribution in [-0.4, -0.2) is 65.7 Å². The van der Waals surface area contributed by atoms with Crippen LogP contribution in [0.15, 0.2) is 105 Å². The third kappa shape index (κ3) is 24.9. The highest BCUT2D eigenvalue weighted by molar-refractivity contribution is 9.11. The maximum absolute atomic E-state index is 6.47. The Morgan fingerprint density at radius 2 is 0.578 bits per heavy atom. The molecule has 0 amide bonds. The Morgan fingerprint density at radius 1 is 0.297 bits per heavy atom. The average molecular weight is 2000 g/mol. The van der Waals surface area contributed by atoms with E-state index in [1.165, 1.54) is 337 Å². The van der Waals surface area contributed by atoms with E-state index in [-0.39, 0.29) is 36.6 Å². The molecule has 0 saturated carbocycles. The van der Waals surface area contributed by atoms with Gasteiger partial charge in [-0.05, 0) is 234 Å². The lowest BCUT2D eigenvalue weighted by atomic mass is 9.78. The number of nitrogens with zero attached hydrogens (tertiary/aromatic N) is 6. The van der Waals surface area contributed by atoms with Gasteiger partial charge in [0.2, 0.25) is 0 Å². The highest BCUT2D eigenvalue weighted by atomic mass is 79.9. The lowest BCUT2D eigenvalue weighted by Crippen LogP contribution is -2.41. The van der Waals surface area contributed by atoms with E-state index in [0.717, 1.165) is 70.9 Å². The van der Waals surface area contributed by atoms with Gasteiger partial charge in [-0.3, -0.25) is 0 Å². The molecule has 2 aliphatic rings. The number of aromatic nitrogens is 6. The van der Waals surface area contributed by atoms with Crippen LogP contribution in [0.3, 0.4) is 0 Å². The number of fused-ring (bicyclic) bond motifs is 8. The van der Waals surface area contributed by atoms with E-state index >= 15 is 0 Å². The van der Waals surface area contributed by atoms with Crippen LogP contribution in [0.2, 0.25) is 0 Å². The van der Waals surface area contributed by atoms with Gasteiger partial charge >= 0.3 is 14.2 Å². The van der Waals surface area contributed by atoms with Crippen molar-refractivity contribution < 1.29 is 18.6 Å². The first-order valence-electron chi connectivity index (χ1n) is 48.7. The molecule has 128 heavy (non-hydrogen) atoms. The fourth-order valence-electron chi connectivity index (χ4n) is 18.2. The number of halogens is 2. The molecule has 0 unspecified atom stereocenters. The summed E-state index contributed by atoms with van der Waals surface area (Å²) in [5.41, 5.74) is 13.7. The second-order valence-corrected chi connectivity index (χ2v) is 49.8. The van der Waals surface area contributed by atoms with Crippen molar-refractivity contribution in [3.63, 3.8) is 0 Å². The molecule has 0 atom stereocenters. The number of hydrogen-bond acceptors (Lipinski definition) is 16. The van der Waals surface area contributed by atoms with Crippen LogP contribution in [0.5, 0.6) is 0 Å². The molecular weight excluding hydrogens is 1860 g/mol. The van der Waals surface area contributed by atoms with Crippen LogP contribution in [0, 0.1) is 41.5 Å². The fourth-order valence-corrected chi connectivity index (χ4v) is 28.5. The first-order chi connectivity index (χ1) is 61.7. The molecule has 22 heteroatoms. The quantitative estimate of drug-likeness (QED) is 0.0275. The van der Waals surface area contributed by atoms with E-state index in [2.05, 4.69) is 249 Å². The molecule has 16 rings (SSSR count). The Bertz CT molecular complexity index is 5680. The Morgan fingerprint density at radius 3 is 0.898 bits per heavy atom. The molecule has 2 saturated heterocycles. The second-order valence-electron chi connectivity index (χ2n) is 38.7. The minimum atomic E-state index is -0.378. The summed E-state index contributed by atoms with van der Waals surface area (Å²) in [5.74, 6) is 0. The zero-order valence-electron chi connectivity index (χ0n) is 79.6. The molecule has 2 aliphatic heterocycles. The minimum Gasteiger partial charge on any atom is -0.399 e. The van der Waals surface area contributed by atoms with Crippen LogP contribution in [0.4, 0.5) is 0 Å². The third-order valence-electron chi connectivity index (χ3n) is 27.2. The van der Waals surface area contributed by atoms with E-state index in [4.69, 9.17) is 38.6 Å². The van der Waals surface area contributed by atoms with E-state index in [9.17, 15) is 0 Å². The van der Waals surface area contributed by atoms with Gasteiger partial charge in [0.15, 0.2) is 19.3 Å². The number of hydrogen-bond donors (Lipinski definition) is 0. The number of rotatable bonds is 45. The molecular formula is C106H140B2Br2N6O4S8. The van der Waals surface area contributed by atoms with E-state index in [1.54, 1.807) is 68.0 Å². The van der Waals surface area contributed by atoms with Crippen LogP contribution < -0.4 is 10.9 Å². The molecule has 4 aromatic carbocycles. The minimum absolute atomic E-state index is 0.371. The summed E-state index contributed by atoms with van der Waals surface area (Å²) in [6.07, 6.45) is 50.4. The van der Waals surface area contributed by atoms with Gasteiger partial charge in [0.05, 0.1) is 49.5 Å². The number of aryl methyl sites for hydroxylation is 8. The molecule has 12 heterocycles. The monoisotopic (exact) mass is 2000 g/mol. The molecule has 0 bridgehead atoms. The first-order valence-corrected chi connectivity index (χ1v) is 56.8. The van der Waals surface area contributed by atoms with Crippen molar-refractivity contribution in [3.05, 3.63) is 137 Å². The maximum atomic E-state index is 6.47. The fraction of sp³-hybridized carbons (Fsp3) is 0.547. The average Bonchev–Trinajstić information content (AvgIpc) is 1.60. The number of thiophene rings is 4. The number of unbranched alkanes of at least 4 members (excludes halogenated alkanes) is 34. The molecule has 0 spiro atoms. The Kier molecular flexibility index (Phi) is 35.8. The Labute approximate surface area is 815 Å². The van der Waals surface area contributed by atoms with Crippen LogP contribution >= 0.6 is 123 Å². The van der Waals surface area contributed by atoms with Crippen molar-refractivity contribution in [2.24, 2.45) is 0 Å². The zero-order valence-corrected chi connectivity index (χ0v) is 89.3. The summed E-state index contributed by atoms with van der Waals surface area (Å²) in [4.78, 5) is 31.6. The normalized spacial score (nSPS) is 14.8. The number of benzene rings is 4. The molecule has 686 valence electrons. The molecule has 0 radical (unpaired) electrons. The SMILES string of the molecule is CCCCCCCCCCCCCCCCCCCCn1c2cc(B3OC(C)(C)C(C)(C)O3)ccc2c2ccc(B3OC(C)(C)C(C)(C)O3)cc21.CCCCCCCCCCCCCCCCCCCCn1c2cc(C)ccc2c2ccc(-c3cc(C)c(-c4nc5sc(-c6sc(C)cc6C)nc5s4)s3)cc21.Cc1cc(Br)sc1-c1nc2sc(-c3sc(Br)cc3C)nc2s1. The topological polar surface area (TPSA) is 98.3 Å². The summed E-state index contributed by atoms with van der Waals surface area (Å²) >= 11 is 21.1. The van der Waals surface area contributed by atoms with Crippen molar-refractivity contribution in [1.82, 2.24) is 29.1 Å². The predicted molar refractivity (Wildman–Crippen MR) is 575 cm³/mol. The molecule has 10 aromatic heterocycles. The van der Waals surface area contributed by atoms with Gasteiger partial charge in [-0.15, -0.1) is 45.3 Å². The summed E-state index contributed by atoms with van der Waals surface area (Å²) in [7, 11) is -0.757. The lowest BCUT2D eigenvalue weighted by Gasteiger charge is -2.32. The zero-order chi connectivity index (χ0) is 90.3. The van der Waals surface area contributed by atoms with Crippen molar-refractivity contribution in [3.8, 4) is 50.0 Å². The molecule has 14 aromatic rings. The van der Waals surface area contributed by atoms with Crippen molar-refractivity contribution in [1.29, 1.82) is 0 Å². The molecule has 2 fully saturated rings. The predicted octanol–water partition coefficient (Wildman–Crippen LogP) is 36.0. The van der Waals surface area contributed by atoms with Gasteiger partial charge in [0.1, 0.15) is 20.0 Å². The smallest absolute Gasteiger partial charge is 0.399 e. The molecule has 0 N–H and O–H groups in total. The maximum Gasteiger partial charge on any atom is 0.494 e.